The maximum Gasteiger partial charge on any atom is 0.408 e. The molecule has 13 nitrogen and oxygen atoms in total. The highest BCUT2D eigenvalue weighted by Crippen LogP contribution is 2.12. The molecule has 0 saturated heterocycles. The molecule has 13 heteroatoms. The first-order chi connectivity index (χ1) is 16.8. The van der Waals surface area contributed by atoms with Gasteiger partial charge < -0.3 is 31.3 Å². The van der Waals surface area contributed by atoms with E-state index < -0.39 is 47.7 Å². The molecule has 3 amide bonds. The van der Waals surface area contributed by atoms with Crippen molar-refractivity contribution in [1.82, 2.24) is 26.6 Å². The van der Waals surface area contributed by atoms with Crippen molar-refractivity contribution in [2.45, 2.75) is 64.8 Å². The number of rotatable bonds is 15. The van der Waals surface area contributed by atoms with Gasteiger partial charge in [-0.2, -0.15) is 5.53 Å². The molecular formula is C23H38N6O7. The number of hydrogen-bond donors (Lipinski definition) is 7. The standard InChI is InChI=1S/C23H38N6O7/c1-15(18(20(32)33)26-22(35)36-23(2,3)4)13-29(14-16-9-6-5-7-10-16)28-27-17(19(30)31)11-8-12-25-21(24)34/h5-7,9-10,15,17-18,27-28H,8,11-14H2,1-4H3,(H,26,35)(H,30,31)(H,32,33)(H3,24,25,34)/t15?,17-,18-/m0/s1. The third-order valence-electron chi connectivity index (χ3n) is 4.90. The maximum absolute atomic E-state index is 12.2. The highest BCUT2D eigenvalue weighted by Gasteiger charge is 2.30. The van der Waals surface area contributed by atoms with Crippen molar-refractivity contribution in [3.8, 4) is 0 Å². The number of carbonyl (C=O) groups is 4. The highest BCUT2D eigenvalue weighted by atomic mass is 16.6. The summed E-state index contributed by atoms with van der Waals surface area (Å²) in [5.41, 5.74) is 10.7. The Morgan fingerprint density at radius 2 is 1.72 bits per heavy atom. The molecule has 0 bridgehead atoms. The van der Waals surface area contributed by atoms with Gasteiger partial charge in [0.2, 0.25) is 0 Å². The fraction of sp³-hybridized carbons (Fsp3) is 0.565. The van der Waals surface area contributed by atoms with Gasteiger partial charge in [-0.15, -0.1) is 0 Å². The van der Waals surface area contributed by atoms with E-state index in [0.29, 0.717) is 13.0 Å². The van der Waals surface area contributed by atoms with E-state index >= 15 is 0 Å². The third-order valence-corrected chi connectivity index (χ3v) is 4.90. The van der Waals surface area contributed by atoms with Crippen molar-refractivity contribution in [1.29, 1.82) is 0 Å². The van der Waals surface area contributed by atoms with Crippen LogP contribution in [-0.2, 0) is 20.9 Å². The van der Waals surface area contributed by atoms with Crippen LogP contribution in [0.3, 0.4) is 0 Å². The van der Waals surface area contributed by atoms with Crippen LogP contribution in [0.4, 0.5) is 9.59 Å². The van der Waals surface area contributed by atoms with Crippen LogP contribution in [0.25, 0.3) is 0 Å². The summed E-state index contributed by atoms with van der Waals surface area (Å²) in [6, 6.07) is 6.35. The van der Waals surface area contributed by atoms with Crippen molar-refractivity contribution in [2.24, 2.45) is 11.7 Å². The summed E-state index contributed by atoms with van der Waals surface area (Å²) >= 11 is 0. The van der Waals surface area contributed by atoms with Crippen LogP contribution < -0.4 is 27.3 Å². The number of ether oxygens (including phenoxy) is 1. The predicted octanol–water partition coefficient (Wildman–Crippen LogP) is 1.01. The molecule has 202 valence electrons. The summed E-state index contributed by atoms with van der Waals surface area (Å²) in [5.74, 6) is -2.94. The molecule has 8 N–H and O–H groups in total. The molecule has 0 aliphatic carbocycles. The number of primary amides is 1. The number of hydrazine groups is 2. The number of nitrogens with two attached hydrogens (primary N) is 1. The van der Waals surface area contributed by atoms with E-state index in [4.69, 9.17) is 10.5 Å². The first-order valence-electron chi connectivity index (χ1n) is 11.6. The van der Waals surface area contributed by atoms with E-state index in [1.807, 2.05) is 30.3 Å². The van der Waals surface area contributed by atoms with Crippen LogP contribution in [0.5, 0.6) is 0 Å². The van der Waals surface area contributed by atoms with Crippen molar-refractivity contribution in [2.75, 3.05) is 13.1 Å². The molecule has 0 heterocycles. The predicted molar refractivity (Wildman–Crippen MR) is 131 cm³/mol. The van der Waals surface area contributed by atoms with Gasteiger partial charge in [0.25, 0.3) is 0 Å². The van der Waals surface area contributed by atoms with Gasteiger partial charge in [0.05, 0.1) is 0 Å². The Bertz CT molecular complexity index is 862. The molecule has 1 aromatic carbocycles. The summed E-state index contributed by atoms with van der Waals surface area (Å²) in [6.07, 6.45) is -0.294. The first kappa shape index (κ1) is 30.6. The molecule has 3 atom stereocenters. The Kier molecular flexibility index (Phi) is 12.6. The summed E-state index contributed by atoms with van der Waals surface area (Å²) in [5, 5.41) is 25.7. The SMILES string of the molecule is CC(CN(Cc1ccccc1)NN[C@@H](CCCNC(N)=O)C(=O)O)[C@H](NC(=O)OC(C)(C)C)C(=O)O. The minimum absolute atomic E-state index is 0.129. The minimum Gasteiger partial charge on any atom is -0.480 e. The average Bonchev–Trinajstić information content (AvgIpc) is 2.75. The molecular weight excluding hydrogens is 472 g/mol. The second kappa shape index (κ2) is 14.9. The number of aliphatic carboxylic acids is 2. The topological polar surface area (TPSA) is 195 Å². The van der Waals surface area contributed by atoms with Crippen LogP contribution in [0, 0.1) is 5.92 Å². The number of benzene rings is 1. The molecule has 36 heavy (non-hydrogen) atoms. The zero-order chi connectivity index (χ0) is 27.3. The van der Waals surface area contributed by atoms with Gasteiger partial charge in [-0.05, 0) is 39.2 Å². The van der Waals surface area contributed by atoms with Crippen molar-refractivity contribution >= 4 is 24.1 Å². The normalized spacial score (nSPS) is 13.9. The average molecular weight is 511 g/mol. The van der Waals surface area contributed by atoms with Gasteiger partial charge in [0.15, 0.2) is 0 Å². The molecule has 1 rings (SSSR count). The van der Waals surface area contributed by atoms with E-state index in [1.54, 1.807) is 32.7 Å². The summed E-state index contributed by atoms with van der Waals surface area (Å²) in [7, 11) is 0. The highest BCUT2D eigenvalue weighted by molar-refractivity contribution is 5.80. The Balaban J connectivity index is 2.90. The summed E-state index contributed by atoms with van der Waals surface area (Å²) < 4.78 is 5.18. The van der Waals surface area contributed by atoms with Gasteiger partial charge in [-0.3, -0.25) is 4.79 Å². The van der Waals surface area contributed by atoms with E-state index in [-0.39, 0.29) is 19.5 Å². The monoisotopic (exact) mass is 510 g/mol. The largest absolute Gasteiger partial charge is 0.480 e. The molecule has 0 aliphatic heterocycles. The smallest absolute Gasteiger partial charge is 0.408 e. The third kappa shape index (κ3) is 12.9. The summed E-state index contributed by atoms with van der Waals surface area (Å²) in [6.45, 7) is 7.34. The molecule has 1 aromatic rings. The van der Waals surface area contributed by atoms with Crippen LogP contribution in [0.2, 0.25) is 0 Å². The zero-order valence-corrected chi connectivity index (χ0v) is 21.1. The number of carbonyl (C=O) groups excluding carboxylic acids is 2. The lowest BCUT2D eigenvalue weighted by Gasteiger charge is -2.31. The lowest BCUT2D eigenvalue weighted by atomic mass is 10.0. The summed E-state index contributed by atoms with van der Waals surface area (Å²) in [4.78, 5) is 46.5. The molecule has 0 aliphatic rings. The number of nitrogens with zero attached hydrogens (tertiary/aromatic N) is 1. The van der Waals surface area contributed by atoms with Gasteiger partial charge in [0, 0.05) is 25.6 Å². The van der Waals surface area contributed by atoms with E-state index in [9.17, 15) is 29.4 Å². The Morgan fingerprint density at radius 3 is 2.25 bits per heavy atom. The van der Waals surface area contributed by atoms with E-state index in [2.05, 4.69) is 21.6 Å². The molecule has 0 saturated carbocycles. The molecule has 1 unspecified atom stereocenters. The number of amides is 3. The number of hydrogen-bond acceptors (Lipinski definition) is 8. The van der Waals surface area contributed by atoms with Crippen molar-refractivity contribution in [3.05, 3.63) is 35.9 Å². The fourth-order valence-electron chi connectivity index (χ4n) is 3.23. The van der Waals surface area contributed by atoms with Gasteiger partial charge >= 0.3 is 24.1 Å². The fourth-order valence-corrected chi connectivity index (χ4v) is 3.23. The molecule has 0 spiro atoms. The second-order valence-corrected chi connectivity index (χ2v) is 9.39. The Hall–Kier alpha value is -3.42. The van der Waals surface area contributed by atoms with Crippen molar-refractivity contribution in [3.63, 3.8) is 0 Å². The quantitative estimate of drug-likeness (QED) is 0.132. The van der Waals surface area contributed by atoms with Gasteiger partial charge in [0.1, 0.15) is 17.7 Å². The van der Waals surface area contributed by atoms with Crippen LogP contribution in [-0.4, -0.2) is 70.1 Å². The van der Waals surface area contributed by atoms with Crippen LogP contribution >= 0.6 is 0 Å². The van der Waals surface area contributed by atoms with E-state index in [0.717, 1.165) is 5.56 Å². The van der Waals surface area contributed by atoms with Gasteiger partial charge in [-0.1, -0.05) is 37.3 Å². The first-order valence-corrected chi connectivity index (χ1v) is 11.6. The van der Waals surface area contributed by atoms with E-state index in [1.165, 1.54) is 0 Å². The molecule has 0 aromatic heterocycles. The lowest BCUT2D eigenvalue weighted by molar-refractivity contribution is -0.141. The van der Waals surface area contributed by atoms with Crippen LogP contribution in [0.15, 0.2) is 30.3 Å². The Morgan fingerprint density at radius 1 is 1.08 bits per heavy atom. The second-order valence-electron chi connectivity index (χ2n) is 9.39. The number of alkyl carbamates (subject to hydrolysis) is 1. The zero-order valence-electron chi connectivity index (χ0n) is 21.1. The van der Waals surface area contributed by atoms with Gasteiger partial charge in [-0.25, -0.2) is 24.8 Å². The maximum atomic E-state index is 12.2. The van der Waals surface area contributed by atoms with Crippen molar-refractivity contribution < 1.29 is 34.1 Å². The molecule has 0 fully saturated rings. The number of carboxylic acid groups (broad SMARTS) is 2. The lowest BCUT2D eigenvalue weighted by Crippen LogP contribution is -2.56. The minimum atomic E-state index is -1.25. The Labute approximate surface area is 210 Å². The van der Waals surface area contributed by atoms with Crippen LogP contribution in [0.1, 0.15) is 46.1 Å². The number of carboxylic acids is 2. The molecule has 0 radical (unpaired) electrons. The number of urea groups is 1. The number of nitrogens with one attached hydrogen (secondary N) is 4.